The van der Waals surface area contributed by atoms with E-state index in [2.05, 4.69) is 16.8 Å². The Hall–Kier alpha value is -2.50. The van der Waals surface area contributed by atoms with Crippen LogP contribution in [-0.4, -0.2) is 47.5 Å². The molecule has 2 heterocycles. The van der Waals surface area contributed by atoms with E-state index in [1.54, 1.807) is 19.3 Å². The number of amides is 2. The lowest BCUT2D eigenvalue weighted by atomic mass is 9.86. The van der Waals surface area contributed by atoms with Crippen molar-refractivity contribution in [3.63, 3.8) is 0 Å². The number of likely N-dealkylation sites (tertiary alicyclic amines) is 1. The summed E-state index contributed by atoms with van der Waals surface area (Å²) in [7, 11) is 0. The Morgan fingerprint density at radius 3 is 2.65 bits per heavy atom. The molecule has 2 aliphatic heterocycles. The minimum atomic E-state index is -0.385. The predicted octanol–water partition coefficient (Wildman–Crippen LogP) is 2.92. The van der Waals surface area contributed by atoms with Gasteiger partial charge in [-0.25, -0.2) is 4.79 Å². The lowest BCUT2D eigenvalue weighted by Crippen LogP contribution is -2.46. The Morgan fingerprint density at radius 2 is 2.00 bits per heavy atom. The first-order valence-electron chi connectivity index (χ1n) is 9.30. The van der Waals surface area contributed by atoms with Crippen LogP contribution < -0.4 is 5.32 Å². The second-order valence-electron chi connectivity index (χ2n) is 6.98. The summed E-state index contributed by atoms with van der Waals surface area (Å²) in [6.07, 6.45) is 12.3. The number of piperidine rings is 1. The molecule has 1 saturated heterocycles. The van der Waals surface area contributed by atoms with Gasteiger partial charge in [-0.2, -0.15) is 0 Å². The molecule has 3 aliphatic rings. The third-order valence-corrected chi connectivity index (χ3v) is 5.05. The van der Waals surface area contributed by atoms with Crippen molar-refractivity contribution < 1.29 is 14.3 Å². The van der Waals surface area contributed by atoms with E-state index in [4.69, 9.17) is 4.74 Å². The monoisotopic (exact) mass is 357 g/mol. The third kappa shape index (κ3) is 4.36. The first-order chi connectivity index (χ1) is 12.6. The highest BCUT2D eigenvalue weighted by Gasteiger charge is 2.29. The quantitative estimate of drug-likeness (QED) is 0.786. The highest BCUT2D eigenvalue weighted by molar-refractivity contribution is 5.79. The van der Waals surface area contributed by atoms with E-state index in [1.165, 1.54) is 10.5 Å². The predicted molar refractivity (Wildman–Crippen MR) is 99.8 cm³/mol. The topological polar surface area (TPSA) is 61.9 Å². The number of nitrogens with one attached hydrogen (secondary N) is 1. The minimum Gasteiger partial charge on any atom is -0.449 e. The van der Waals surface area contributed by atoms with Crippen LogP contribution in [0.1, 0.15) is 32.6 Å². The van der Waals surface area contributed by atoms with E-state index in [1.807, 2.05) is 18.2 Å². The van der Waals surface area contributed by atoms with Gasteiger partial charge in [0, 0.05) is 43.1 Å². The maximum atomic E-state index is 12.4. The van der Waals surface area contributed by atoms with E-state index in [0.29, 0.717) is 12.6 Å². The third-order valence-electron chi connectivity index (χ3n) is 5.05. The molecule has 1 N–H and O–H groups in total. The van der Waals surface area contributed by atoms with Crippen LogP contribution in [0.2, 0.25) is 0 Å². The Balaban J connectivity index is 1.48. The molecule has 0 aromatic carbocycles. The fourth-order valence-electron chi connectivity index (χ4n) is 3.48. The summed E-state index contributed by atoms with van der Waals surface area (Å²) in [5.41, 5.74) is 2.27. The van der Waals surface area contributed by atoms with Crippen molar-refractivity contribution >= 4 is 12.0 Å². The summed E-state index contributed by atoms with van der Waals surface area (Å²) in [5, 5.41) is 3.13. The molecular formula is C20H27N3O3. The highest BCUT2D eigenvalue weighted by Crippen LogP contribution is 2.26. The molecule has 140 valence electrons. The van der Waals surface area contributed by atoms with Crippen molar-refractivity contribution in [2.75, 3.05) is 19.7 Å². The number of nitrogens with zero attached hydrogens (tertiary/aromatic N) is 2. The Morgan fingerprint density at radius 1 is 1.27 bits per heavy atom. The van der Waals surface area contributed by atoms with E-state index >= 15 is 0 Å². The molecule has 2 fully saturated rings. The maximum absolute atomic E-state index is 12.4. The van der Waals surface area contributed by atoms with E-state index in [-0.39, 0.29) is 17.9 Å². The zero-order valence-corrected chi connectivity index (χ0v) is 15.3. The smallest absolute Gasteiger partial charge is 0.417 e. The van der Waals surface area contributed by atoms with Crippen LogP contribution in [0, 0.1) is 5.92 Å². The van der Waals surface area contributed by atoms with Crippen molar-refractivity contribution in [3.05, 3.63) is 48.5 Å². The molecule has 1 saturated carbocycles. The van der Waals surface area contributed by atoms with Crippen molar-refractivity contribution in [3.8, 4) is 0 Å². The summed E-state index contributed by atoms with van der Waals surface area (Å²) < 4.78 is 5.01. The lowest BCUT2D eigenvalue weighted by Gasteiger charge is -2.35. The summed E-state index contributed by atoms with van der Waals surface area (Å²) in [4.78, 5) is 27.9. The second kappa shape index (κ2) is 8.25. The van der Waals surface area contributed by atoms with Crippen LogP contribution >= 0.6 is 0 Å². The van der Waals surface area contributed by atoms with Crippen LogP contribution in [0.3, 0.4) is 0 Å². The molecule has 6 nitrogen and oxygen atoms in total. The van der Waals surface area contributed by atoms with E-state index < -0.39 is 0 Å². The molecule has 0 atom stereocenters. The van der Waals surface area contributed by atoms with Crippen LogP contribution in [-0.2, 0) is 9.53 Å². The van der Waals surface area contributed by atoms with Gasteiger partial charge in [-0.15, -0.1) is 0 Å². The number of ether oxygens (including phenoxy) is 1. The molecule has 0 radical (unpaired) electrons. The van der Waals surface area contributed by atoms with Crippen LogP contribution in [0.15, 0.2) is 48.5 Å². The minimum absolute atomic E-state index is 0.0852. The van der Waals surface area contributed by atoms with Crippen LogP contribution in [0.5, 0.6) is 0 Å². The number of carbonyl (C=O) groups excluding carboxylic acids is 2. The molecule has 26 heavy (non-hydrogen) atoms. The van der Waals surface area contributed by atoms with Gasteiger partial charge >= 0.3 is 6.09 Å². The van der Waals surface area contributed by atoms with Gasteiger partial charge in [-0.05, 0) is 50.8 Å². The zero-order valence-electron chi connectivity index (χ0n) is 15.3. The van der Waals surface area contributed by atoms with Gasteiger partial charge in [0.1, 0.15) is 0 Å². The van der Waals surface area contributed by atoms with E-state index in [0.717, 1.165) is 44.5 Å². The van der Waals surface area contributed by atoms with Crippen molar-refractivity contribution in [2.45, 2.75) is 38.6 Å². The summed E-state index contributed by atoms with van der Waals surface area (Å²) in [5.74, 6) is 0.267. The Kier molecular flexibility index (Phi) is 5.81. The fourth-order valence-corrected chi connectivity index (χ4v) is 3.48. The SMILES string of the molecule is C=C1CC(NC(=O)C2CCN(C3=CC=CN(C(=O)OCC)C=C3)CC2)C1. The molecular weight excluding hydrogens is 330 g/mol. The van der Waals surface area contributed by atoms with Gasteiger partial charge in [-0.3, -0.25) is 9.69 Å². The average molecular weight is 357 g/mol. The van der Waals surface area contributed by atoms with Crippen molar-refractivity contribution in [1.82, 2.24) is 15.1 Å². The summed E-state index contributed by atoms with van der Waals surface area (Å²) in [6.45, 7) is 7.72. The van der Waals surface area contributed by atoms with Gasteiger partial charge in [0.05, 0.1) is 6.61 Å². The normalized spacial score (nSPS) is 21.1. The van der Waals surface area contributed by atoms with Crippen LogP contribution in [0.4, 0.5) is 4.79 Å². The molecule has 3 rings (SSSR count). The van der Waals surface area contributed by atoms with E-state index in [9.17, 15) is 9.59 Å². The van der Waals surface area contributed by atoms with Gasteiger partial charge < -0.3 is 15.0 Å². The first-order valence-corrected chi connectivity index (χ1v) is 9.30. The second-order valence-corrected chi connectivity index (χ2v) is 6.98. The largest absolute Gasteiger partial charge is 0.449 e. The fraction of sp³-hybridized carbons (Fsp3) is 0.500. The lowest BCUT2D eigenvalue weighted by molar-refractivity contribution is -0.127. The van der Waals surface area contributed by atoms with Gasteiger partial charge in [0.15, 0.2) is 0 Å². The molecule has 0 unspecified atom stereocenters. The summed E-state index contributed by atoms with van der Waals surface area (Å²) in [6, 6.07) is 0.291. The molecule has 0 spiro atoms. The first kappa shape index (κ1) is 18.3. The standard InChI is InChI=1S/C20H27N3O3/c1-3-26-20(25)23-9-4-5-18(8-12-23)22-10-6-16(7-11-22)19(24)21-17-13-15(2)14-17/h4-5,8-9,12,16-17H,2-3,6-7,10-11,13-14H2,1H3,(H,21,24). The number of hydrogen-bond acceptors (Lipinski definition) is 4. The number of carbonyl (C=O) groups is 2. The number of hydrogen-bond donors (Lipinski definition) is 1. The molecule has 0 aromatic heterocycles. The molecule has 2 amide bonds. The number of rotatable bonds is 4. The van der Waals surface area contributed by atoms with Crippen molar-refractivity contribution in [1.29, 1.82) is 0 Å². The maximum Gasteiger partial charge on any atom is 0.417 e. The average Bonchev–Trinajstić information content (AvgIpc) is 2.87. The van der Waals surface area contributed by atoms with Gasteiger partial charge in [-0.1, -0.05) is 12.2 Å². The highest BCUT2D eigenvalue weighted by atomic mass is 16.5. The Labute approximate surface area is 154 Å². The zero-order chi connectivity index (χ0) is 18.5. The molecule has 0 aromatic rings. The molecule has 1 aliphatic carbocycles. The molecule has 0 bridgehead atoms. The van der Waals surface area contributed by atoms with Gasteiger partial charge in [0.25, 0.3) is 0 Å². The van der Waals surface area contributed by atoms with Crippen LogP contribution in [0.25, 0.3) is 0 Å². The Bertz CT molecular complexity index is 649. The molecule has 6 heteroatoms. The van der Waals surface area contributed by atoms with Crippen molar-refractivity contribution in [2.24, 2.45) is 5.92 Å². The van der Waals surface area contributed by atoms with Gasteiger partial charge in [0.2, 0.25) is 5.91 Å². The summed E-state index contributed by atoms with van der Waals surface area (Å²) >= 11 is 0. The number of allylic oxidation sites excluding steroid dienone is 3.